The van der Waals surface area contributed by atoms with Crippen LogP contribution in [0.5, 0.6) is 5.75 Å². The molecule has 1 saturated heterocycles. The molecule has 0 spiro atoms. The van der Waals surface area contributed by atoms with Crippen molar-refractivity contribution in [3.8, 4) is 5.75 Å². The highest BCUT2D eigenvalue weighted by Gasteiger charge is 2.31. The summed E-state index contributed by atoms with van der Waals surface area (Å²) in [4.78, 5) is 25.9. The van der Waals surface area contributed by atoms with Crippen LogP contribution >= 0.6 is 0 Å². The average molecular weight is 408 g/mol. The van der Waals surface area contributed by atoms with E-state index in [4.69, 9.17) is 9.47 Å². The van der Waals surface area contributed by atoms with E-state index in [0.717, 1.165) is 36.1 Å². The normalized spacial score (nSPS) is 19.2. The predicted molar refractivity (Wildman–Crippen MR) is 113 cm³/mol. The SMILES string of the molecule is C[C@H](NC(=O)C1CC1)c1ccc(OC2CCN(C(=O)OCc3ccccc3)C2)cc1. The van der Waals surface area contributed by atoms with Gasteiger partial charge in [-0.2, -0.15) is 0 Å². The lowest BCUT2D eigenvalue weighted by Crippen LogP contribution is -2.31. The molecule has 0 radical (unpaired) electrons. The van der Waals surface area contributed by atoms with Crippen LogP contribution in [-0.2, 0) is 16.1 Å². The zero-order valence-corrected chi connectivity index (χ0v) is 17.3. The van der Waals surface area contributed by atoms with Gasteiger partial charge in [-0.1, -0.05) is 42.5 Å². The molecule has 2 amide bonds. The second kappa shape index (κ2) is 9.20. The standard InChI is InChI=1S/C24H28N2O4/c1-17(25-23(27)20-7-8-20)19-9-11-21(12-10-19)30-22-13-14-26(15-22)24(28)29-16-18-5-3-2-4-6-18/h2-6,9-12,17,20,22H,7-8,13-16H2,1H3,(H,25,27)/t17-,22?/m0/s1. The van der Waals surface area contributed by atoms with Crippen molar-refractivity contribution in [1.29, 1.82) is 0 Å². The summed E-state index contributed by atoms with van der Waals surface area (Å²) >= 11 is 0. The van der Waals surface area contributed by atoms with Crippen LogP contribution in [0.2, 0.25) is 0 Å². The Hall–Kier alpha value is -3.02. The van der Waals surface area contributed by atoms with E-state index in [0.29, 0.717) is 13.1 Å². The first kappa shape index (κ1) is 20.3. The lowest BCUT2D eigenvalue weighted by atomic mass is 10.1. The number of rotatable bonds is 7. The summed E-state index contributed by atoms with van der Waals surface area (Å²) in [6.45, 7) is 3.41. The van der Waals surface area contributed by atoms with Gasteiger partial charge in [-0.15, -0.1) is 0 Å². The molecule has 1 heterocycles. The average Bonchev–Trinajstić information content (AvgIpc) is 3.52. The second-order valence-electron chi connectivity index (χ2n) is 8.09. The van der Waals surface area contributed by atoms with Crippen LogP contribution in [0.3, 0.4) is 0 Å². The molecule has 1 N–H and O–H groups in total. The fourth-order valence-corrected chi connectivity index (χ4v) is 3.59. The largest absolute Gasteiger partial charge is 0.489 e. The van der Waals surface area contributed by atoms with E-state index in [1.165, 1.54) is 0 Å². The summed E-state index contributed by atoms with van der Waals surface area (Å²) in [6, 6.07) is 17.4. The Morgan fingerprint density at radius 2 is 1.80 bits per heavy atom. The molecule has 2 aromatic carbocycles. The maximum Gasteiger partial charge on any atom is 0.410 e. The number of hydrogen-bond acceptors (Lipinski definition) is 4. The van der Waals surface area contributed by atoms with Gasteiger partial charge in [0, 0.05) is 18.9 Å². The molecule has 1 aliphatic carbocycles. The van der Waals surface area contributed by atoms with Crippen molar-refractivity contribution >= 4 is 12.0 Å². The number of nitrogens with zero attached hydrogens (tertiary/aromatic N) is 1. The van der Waals surface area contributed by atoms with E-state index >= 15 is 0 Å². The highest BCUT2D eigenvalue weighted by atomic mass is 16.6. The van der Waals surface area contributed by atoms with Gasteiger partial charge in [-0.3, -0.25) is 4.79 Å². The van der Waals surface area contributed by atoms with Gasteiger partial charge < -0.3 is 19.7 Å². The Kier molecular flexibility index (Phi) is 6.21. The minimum atomic E-state index is -0.305. The summed E-state index contributed by atoms with van der Waals surface area (Å²) in [5, 5.41) is 3.05. The monoisotopic (exact) mass is 408 g/mol. The third-order valence-corrected chi connectivity index (χ3v) is 5.60. The van der Waals surface area contributed by atoms with Gasteiger partial charge in [0.15, 0.2) is 0 Å². The van der Waals surface area contributed by atoms with Crippen molar-refractivity contribution in [3.05, 3.63) is 65.7 Å². The Morgan fingerprint density at radius 3 is 2.50 bits per heavy atom. The van der Waals surface area contributed by atoms with Crippen LogP contribution in [0.1, 0.15) is 43.4 Å². The molecule has 30 heavy (non-hydrogen) atoms. The zero-order chi connectivity index (χ0) is 20.9. The van der Waals surface area contributed by atoms with Crippen molar-refractivity contribution in [2.24, 2.45) is 5.92 Å². The molecule has 158 valence electrons. The van der Waals surface area contributed by atoms with Crippen LogP contribution in [0.15, 0.2) is 54.6 Å². The van der Waals surface area contributed by atoms with Gasteiger partial charge >= 0.3 is 6.09 Å². The summed E-state index contributed by atoms with van der Waals surface area (Å²) in [5.74, 6) is 1.12. The smallest absolute Gasteiger partial charge is 0.410 e. The molecule has 1 saturated carbocycles. The molecule has 0 bridgehead atoms. The van der Waals surface area contributed by atoms with Crippen molar-refractivity contribution < 1.29 is 19.1 Å². The number of likely N-dealkylation sites (tertiary alicyclic amines) is 1. The van der Waals surface area contributed by atoms with Crippen molar-refractivity contribution in [3.63, 3.8) is 0 Å². The molecular weight excluding hydrogens is 380 g/mol. The first-order valence-corrected chi connectivity index (χ1v) is 10.6. The van der Waals surface area contributed by atoms with Gasteiger partial charge in [0.1, 0.15) is 18.5 Å². The third-order valence-electron chi connectivity index (χ3n) is 5.60. The number of ether oxygens (including phenoxy) is 2. The highest BCUT2D eigenvalue weighted by molar-refractivity contribution is 5.81. The zero-order valence-electron chi connectivity index (χ0n) is 17.3. The predicted octanol–water partition coefficient (Wildman–Crippen LogP) is 4.06. The summed E-state index contributed by atoms with van der Waals surface area (Å²) in [7, 11) is 0. The number of nitrogens with one attached hydrogen (secondary N) is 1. The van der Waals surface area contributed by atoms with E-state index in [1.807, 2.05) is 61.5 Å². The maximum atomic E-state index is 12.3. The topological polar surface area (TPSA) is 67.9 Å². The summed E-state index contributed by atoms with van der Waals surface area (Å²) < 4.78 is 11.4. The minimum absolute atomic E-state index is 0.0199. The van der Waals surface area contributed by atoms with E-state index in [-0.39, 0.29) is 36.7 Å². The number of benzene rings is 2. The van der Waals surface area contributed by atoms with Crippen molar-refractivity contribution in [2.75, 3.05) is 13.1 Å². The molecule has 6 nitrogen and oxygen atoms in total. The van der Waals surface area contributed by atoms with Gasteiger partial charge in [0.25, 0.3) is 0 Å². The first-order chi connectivity index (χ1) is 14.6. The van der Waals surface area contributed by atoms with Crippen LogP contribution in [-0.4, -0.2) is 36.1 Å². The lowest BCUT2D eigenvalue weighted by Gasteiger charge is -2.18. The Bertz CT molecular complexity index is 865. The first-order valence-electron chi connectivity index (χ1n) is 10.6. The number of carbonyl (C=O) groups is 2. The molecular formula is C24H28N2O4. The molecule has 4 rings (SSSR count). The van der Waals surface area contributed by atoms with Gasteiger partial charge in [-0.25, -0.2) is 4.79 Å². The van der Waals surface area contributed by atoms with Gasteiger partial charge in [0.2, 0.25) is 5.91 Å². The molecule has 2 aliphatic rings. The molecule has 6 heteroatoms. The van der Waals surface area contributed by atoms with E-state index in [9.17, 15) is 9.59 Å². The quantitative estimate of drug-likeness (QED) is 0.750. The highest BCUT2D eigenvalue weighted by Crippen LogP contribution is 2.30. The van der Waals surface area contributed by atoms with E-state index < -0.39 is 0 Å². The fraction of sp³-hybridized carbons (Fsp3) is 0.417. The van der Waals surface area contributed by atoms with E-state index in [2.05, 4.69) is 5.32 Å². The van der Waals surface area contributed by atoms with Crippen LogP contribution < -0.4 is 10.1 Å². The second-order valence-corrected chi connectivity index (χ2v) is 8.09. The summed E-state index contributed by atoms with van der Waals surface area (Å²) in [5.41, 5.74) is 2.02. The van der Waals surface area contributed by atoms with Gasteiger partial charge in [0.05, 0.1) is 12.6 Å². The maximum absolute atomic E-state index is 12.3. The number of hydrogen-bond donors (Lipinski definition) is 1. The fourth-order valence-electron chi connectivity index (χ4n) is 3.59. The molecule has 0 aromatic heterocycles. The minimum Gasteiger partial charge on any atom is -0.489 e. The summed E-state index contributed by atoms with van der Waals surface area (Å²) in [6.07, 6.45) is 2.43. The van der Waals surface area contributed by atoms with E-state index in [1.54, 1.807) is 4.90 Å². The third kappa shape index (κ3) is 5.32. The Balaban J connectivity index is 1.23. The molecule has 1 aliphatic heterocycles. The van der Waals surface area contributed by atoms with Crippen LogP contribution in [0, 0.1) is 5.92 Å². The number of amides is 2. The Labute approximate surface area is 177 Å². The van der Waals surface area contributed by atoms with Crippen LogP contribution in [0.25, 0.3) is 0 Å². The molecule has 1 unspecified atom stereocenters. The molecule has 2 fully saturated rings. The van der Waals surface area contributed by atoms with Crippen LogP contribution in [0.4, 0.5) is 4.79 Å². The number of carbonyl (C=O) groups excluding carboxylic acids is 2. The van der Waals surface area contributed by atoms with Crippen molar-refractivity contribution in [2.45, 2.75) is 44.9 Å². The Morgan fingerprint density at radius 1 is 1.07 bits per heavy atom. The van der Waals surface area contributed by atoms with Gasteiger partial charge in [-0.05, 0) is 43.0 Å². The lowest BCUT2D eigenvalue weighted by molar-refractivity contribution is -0.122. The van der Waals surface area contributed by atoms with Crippen molar-refractivity contribution in [1.82, 2.24) is 10.2 Å². The molecule has 2 atom stereocenters. The molecule has 2 aromatic rings.